The smallest absolute Gasteiger partial charge is 0.220 e. The first-order valence-corrected chi connectivity index (χ1v) is 8.82. The summed E-state index contributed by atoms with van der Waals surface area (Å²) in [7, 11) is 1.66. The summed E-state index contributed by atoms with van der Waals surface area (Å²) in [4.78, 5) is 16.4. The zero-order valence-electron chi connectivity index (χ0n) is 14.0. The highest BCUT2D eigenvalue weighted by molar-refractivity contribution is 7.13. The lowest BCUT2D eigenvalue weighted by atomic mass is 10.1. The van der Waals surface area contributed by atoms with Gasteiger partial charge in [-0.15, -0.1) is 11.3 Å². The number of methoxy groups -OCH3 is 1. The highest BCUT2D eigenvalue weighted by Crippen LogP contribution is 2.31. The zero-order valence-corrected chi connectivity index (χ0v) is 14.8. The number of hydrogen-bond donors (Lipinski definition) is 1. The molecule has 0 unspecified atom stereocenters. The van der Waals surface area contributed by atoms with Gasteiger partial charge in [-0.1, -0.05) is 26.0 Å². The van der Waals surface area contributed by atoms with E-state index in [4.69, 9.17) is 4.74 Å². The highest BCUT2D eigenvalue weighted by atomic mass is 32.1. The van der Waals surface area contributed by atoms with Gasteiger partial charge in [0.15, 0.2) is 0 Å². The Morgan fingerprint density at radius 3 is 2.87 bits per heavy atom. The molecule has 0 saturated heterocycles. The molecule has 0 aliphatic rings. The van der Waals surface area contributed by atoms with Gasteiger partial charge in [0.1, 0.15) is 10.8 Å². The fourth-order valence-corrected chi connectivity index (χ4v) is 3.08. The fraction of sp³-hybridized carbons (Fsp3) is 0.444. The van der Waals surface area contributed by atoms with Crippen molar-refractivity contribution < 1.29 is 9.53 Å². The number of carbonyl (C=O) groups is 1. The highest BCUT2D eigenvalue weighted by Gasteiger charge is 2.10. The Balaban J connectivity index is 1.89. The third-order valence-corrected chi connectivity index (χ3v) is 4.47. The number of amides is 1. The number of rotatable bonds is 8. The Morgan fingerprint density at radius 1 is 1.35 bits per heavy atom. The number of aryl methyl sites for hydroxylation is 1. The van der Waals surface area contributed by atoms with E-state index in [9.17, 15) is 4.79 Å². The van der Waals surface area contributed by atoms with E-state index in [1.54, 1.807) is 18.4 Å². The minimum Gasteiger partial charge on any atom is -0.496 e. The van der Waals surface area contributed by atoms with Gasteiger partial charge in [0, 0.05) is 18.3 Å². The molecule has 0 aliphatic carbocycles. The van der Waals surface area contributed by atoms with Gasteiger partial charge in [0.2, 0.25) is 5.91 Å². The maximum Gasteiger partial charge on any atom is 0.220 e. The molecule has 1 N–H and O–H groups in total. The van der Waals surface area contributed by atoms with Crippen molar-refractivity contribution in [3.05, 3.63) is 35.3 Å². The van der Waals surface area contributed by atoms with Gasteiger partial charge in [-0.2, -0.15) is 0 Å². The quantitative estimate of drug-likeness (QED) is 0.797. The third kappa shape index (κ3) is 5.36. The van der Waals surface area contributed by atoms with Crippen molar-refractivity contribution in [3.63, 3.8) is 0 Å². The summed E-state index contributed by atoms with van der Waals surface area (Å²) in [6, 6.07) is 7.85. The van der Waals surface area contributed by atoms with Crippen LogP contribution in [0.2, 0.25) is 0 Å². The van der Waals surface area contributed by atoms with Crippen LogP contribution in [0, 0.1) is 5.92 Å². The Hall–Kier alpha value is -1.88. The average molecular weight is 332 g/mol. The maximum atomic E-state index is 11.8. The van der Waals surface area contributed by atoms with Crippen LogP contribution in [0.1, 0.15) is 32.4 Å². The molecule has 5 heteroatoms. The Morgan fingerprint density at radius 2 is 2.13 bits per heavy atom. The Labute approximate surface area is 141 Å². The normalized spacial score (nSPS) is 10.8. The fourth-order valence-electron chi connectivity index (χ4n) is 2.20. The molecule has 1 aromatic heterocycles. The van der Waals surface area contributed by atoms with Crippen LogP contribution in [0.25, 0.3) is 10.6 Å². The molecule has 124 valence electrons. The van der Waals surface area contributed by atoms with E-state index in [1.807, 2.05) is 29.6 Å². The largest absolute Gasteiger partial charge is 0.496 e. The number of nitrogens with zero attached hydrogens (tertiary/aromatic N) is 1. The lowest BCUT2D eigenvalue weighted by Gasteiger charge is -2.06. The summed E-state index contributed by atoms with van der Waals surface area (Å²) in [5.74, 6) is 1.52. The first-order valence-electron chi connectivity index (χ1n) is 7.94. The van der Waals surface area contributed by atoms with Crippen molar-refractivity contribution in [1.29, 1.82) is 0 Å². The number of aromatic nitrogens is 1. The summed E-state index contributed by atoms with van der Waals surface area (Å²) < 4.78 is 5.37. The van der Waals surface area contributed by atoms with Crippen LogP contribution in [0.15, 0.2) is 29.6 Å². The van der Waals surface area contributed by atoms with Crippen molar-refractivity contribution in [1.82, 2.24) is 10.3 Å². The van der Waals surface area contributed by atoms with E-state index < -0.39 is 0 Å². The summed E-state index contributed by atoms with van der Waals surface area (Å²) in [5.41, 5.74) is 1.95. The third-order valence-electron chi connectivity index (χ3n) is 3.54. The van der Waals surface area contributed by atoms with Crippen molar-refractivity contribution >= 4 is 17.2 Å². The molecule has 0 spiro atoms. The van der Waals surface area contributed by atoms with Crippen LogP contribution in [0.4, 0.5) is 0 Å². The van der Waals surface area contributed by atoms with Gasteiger partial charge in [-0.3, -0.25) is 4.79 Å². The van der Waals surface area contributed by atoms with E-state index in [0.29, 0.717) is 18.8 Å². The Kier molecular flexibility index (Phi) is 6.59. The van der Waals surface area contributed by atoms with Crippen LogP contribution >= 0.6 is 11.3 Å². The minimum atomic E-state index is 0.0949. The van der Waals surface area contributed by atoms with Crippen LogP contribution in [0.3, 0.4) is 0 Å². The van der Waals surface area contributed by atoms with Crippen molar-refractivity contribution in [2.24, 2.45) is 5.92 Å². The number of ether oxygens (including phenoxy) is 1. The second kappa shape index (κ2) is 8.67. The molecule has 2 aromatic rings. The van der Waals surface area contributed by atoms with E-state index in [-0.39, 0.29) is 5.91 Å². The average Bonchev–Trinajstić information content (AvgIpc) is 3.01. The number of carbonyl (C=O) groups excluding carboxylic acids is 1. The van der Waals surface area contributed by atoms with Crippen molar-refractivity contribution in [2.75, 3.05) is 13.7 Å². The van der Waals surface area contributed by atoms with Crippen LogP contribution < -0.4 is 10.1 Å². The van der Waals surface area contributed by atoms with E-state index in [1.165, 1.54) is 0 Å². The van der Waals surface area contributed by atoms with Crippen LogP contribution in [0.5, 0.6) is 5.75 Å². The molecule has 2 rings (SSSR count). The molecule has 4 nitrogen and oxygen atoms in total. The number of benzene rings is 1. The van der Waals surface area contributed by atoms with Crippen molar-refractivity contribution in [2.45, 2.75) is 33.1 Å². The summed E-state index contributed by atoms with van der Waals surface area (Å²) in [6.45, 7) is 5.06. The lowest BCUT2D eigenvalue weighted by Crippen LogP contribution is -2.25. The molecular formula is C18H24N2O2S. The monoisotopic (exact) mass is 332 g/mol. The van der Waals surface area contributed by atoms with E-state index in [2.05, 4.69) is 24.1 Å². The first kappa shape index (κ1) is 17.5. The number of para-hydroxylation sites is 1. The predicted molar refractivity (Wildman–Crippen MR) is 94.9 cm³/mol. The number of nitrogens with one attached hydrogen (secondary N) is 1. The predicted octanol–water partition coefficient (Wildman–Crippen LogP) is 3.91. The van der Waals surface area contributed by atoms with Gasteiger partial charge >= 0.3 is 0 Å². The summed E-state index contributed by atoms with van der Waals surface area (Å²) >= 11 is 1.58. The molecule has 0 aliphatic heterocycles. The first-order chi connectivity index (χ1) is 11.1. The maximum absolute atomic E-state index is 11.8. The summed E-state index contributed by atoms with van der Waals surface area (Å²) in [6.07, 6.45) is 2.16. The standard InChI is InChI=1S/C18H24N2O2S/c1-13(2)10-11-19-17(21)9-8-14-12-23-18(20-14)15-6-4-5-7-16(15)22-3/h4-7,12-13H,8-11H2,1-3H3,(H,19,21). The lowest BCUT2D eigenvalue weighted by molar-refractivity contribution is -0.121. The topological polar surface area (TPSA) is 51.2 Å². The second-order valence-electron chi connectivity index (χ2n) is 5.88. The molecule has 1 heterocycles. The van der Waals surface area contributed by atoms with Crippen LogP contribution in [-0.4, -0.2) is 24.5 Å². The van der Waals surface area contributed by atoms with Crippen molar-refractivity contribution in [3.8, 4) is 16.3 Å². The molecule has 0 atom stereocenters. The molecular weight excluding hydrogens is 308 g/mol. The molecule has 0 saturated carbocycles. The van der Waals surface area contributed by atoms with Gasteiger partial charge in [0.25, 0.3) is 0 Å². The molecule has 23 heavy (non-hydrogen) atoms. The SMILES string of the molecule is COc1ccccc1-c1nc(CCC(=O)NCCC(C)C)cs1. The zero-order chi connectivity index (χ0) is 16.7. The molecule has 1 amide bonds. The molecule has 0 radical (unpaired) electrons. The second-order valence-corrected chi connectivity index (χ2v) is 6.73. The number of thiazole rings is 1. The number of hydrogen-bond acceptors (Lipinski definition) is 4. The Bertz CT molecular complexity index is 637. The van der Waals surface area contributed by atoms with E-state index >= 15 is 0 Å². The molecule has 0 bridgehead atoms. The van der Waals surface area contributed by atoms with E-state index in [0.717, 1.165) is 35.0 Å². The molecule has 1 aromatic carbocycles. The van der Waals surface area contributed by atoms with Crippen LogP contribution in [-0.2, 0) is 11.2 Å². The van der Waals surface area contributed by atoms with Gasteiger partial charge in [-0.05, 0) is 30.9 Å². The summed E-state index contributed by atoms with van der Waals surface area (Å²) in [5, 5.41) is 5.90. The van der Waals surface area contributed by atoms with Gasteiger partial charge < -0.3 is 10.1 Å². The molecule has 0 fully saturated rings. The van der Waals surface area contributed by atoms with Gasteiger partial charge in [-0.25, -0.2) is 4.98 Å². The minimum absolute atomic E-state index is 0.0949. The van der Waals surface area contributed by atoms with Gasteiger partial charge in [0.05, 0.1) is 18.4 Å².